The van der Waals surface area contributed by atoms with Crippen LogP contribution < -0.4 is 10.5 Å². The number of hydrogen-bond acceptors (Lipinski definition) is 7. The summed E-state index contributed by atoms with van der Waals surface area (Å²) in [6, 6.07) is 11.6. The van der Waals surface area contributed by atoms with Crippen LogP contribution in [0.3, 0.4) is 0 Å². The highest BCUT2D eigenvalue weighted by Gasteiger charge is 2.32. The number of amides is 1. The van der Waals surface area contributed by atoms with Gasteiger partial charge in [0.2, 0.25) is 0 Å². The Morgan fingerprint density at radius 1 is 1.23 bits per heavy atom. The lowest BCUT2D eigenvalue weighted by molar-refractivity contribution is -0.127. The minimum atomic E-state index is -0.626. The zero-order valence-electron chi connectivity index (χ0n) is 22.0. The third kappa shape index (κ3) is 5.33. The molecule has 0 saturated carbocycles. The van der Waals surface area contributed by atoms with Crippen molar-refractivity contribution in [1.29, 1.82) is 5.26 Å². The molecule has 2 aromatic carbocycles. The fraction of sp³-hybridized carbons (Fsp3) is 0.276. The number of likely N-dealkylation sites (tertiary alicyclic amines) is 1. The maximum atomic E-state index is 15.4. The van der Waals surface area contributed by atoms with E-state index in [1.807, 2.05) is 19.9 Å². The molecule has 4 aromatic rings. The van der Waals surface area contributed by atoms with Crippen LogP contribution in [0.4, 0.5) is 14.6 Å². The number of rotatable bonds is 7. The predicted molar refractivity (Wildman–Crippen MR) is 145 cm³/mol. The van der Waals surface area contributed by atoms with Gasteiger partial charge in [0.25, 0.3) is 5.91 Å². The second kappa shape index (κ2) is 11.1. The number of nitrogens with zero attached hydrogens (tertiary/aromatic N) is 6. The molecule has 9 nitrogen and oxygen atoms in total. The van der Waals surface area contributed by atoms with E-state index in [0.717, 1.165) is 6.42 Å². The maximum Gasteiger partial charge on any atom is 0.264 e. The SMILES string of the molecule is CC(C)/C=C(\C#N)C(=O)N1CCCC1Cn1nc(-c2ccc(Oc3cccc(F)c3)cc2F)c2c(N)ncnc21. The molecule has 0 radical (unpaired) electrons. The molecule has 3 heterocycles. The fourth-order valence-electron chi connectivity index (χ4n) is 4.90. The average Bonchev–Trinajstić information content (AvgIpc) is 3.53. The lowest BCUT2D eigenvalue weighted by Crippen LogP contribution is -2.39. The van der Waals surface area contributed by atoms with Gasteiger partial charge in [-0.3, -0.25) is 4.79 Å². The second-order valence-corrected chi connectivity index (χ2v) is 9.92. The molecule has 1 unspecified atom stereocenters. The number of aromatic nitrogens is 4. The summed E-state index contributed by atoms with van der Waals surface area (Å²) >= 11 is 0. The van der Waals surface area contributed by atoms with Crippen molar-refractivity contribution in [2.24, 2.45) is 5.92 Å². The van der Waals surface area contributed by atoms with Crippen molar-refractivity contribution in [3.63, 3.8) is 0 Å². The molecule has 1 atom stereocenters. The molecule has 5 rings (SSSR count). The third-order valence-electron chi connectivity index (χ3n) is 6.66. The van der Waals surface area contributed by atoms with Gasteiger partial charge in [0.1, 0.15) is 52.6 Å². The van der Waals surface area contributed by atoms with E-state index in [1.165, 1.54) is 36.7 Å². The molecule has 1 aliphatic heterocycles. The van der Waals surface area contributed by atoms with Gasteiger partial charge in [-0.25, -0.2) is 23.4 Å². The van der Waals surface area contributed by atoms with E-state index in [-0.39, 0.29) is 58.6 Å². The van der Waals surface area contributed by atoms with E-state index >= 15 is 4.39 Å². The Hall–Kier alpha value is -4.85. The summed E-state index contributed by atoms with van der Waals surface area (Å²) < 4.78 is 36.1. The summed E-state index contributed by atoms with van der Waals surface area (Å²) in [4.78, 5) is 23.3. The fourth-order valence-corrected chi connectivity index (χ4v) is 4.90. The van der Waals surface area contributed by atoms with Gasteiger partial charge in [0.05, 0.1) is 18.0 Å². The van der Waals surface area contributed by atoms with Gasteiger partial charge in [-0.15, -0.1) is 0 Å². The smallest absolute Gasteiger partial charge is 0.264 e. The van der Waals surface area contributed by atoms with E-state index in [9.17, 15) is 14.4 Å². The highest BCUT2D eigenvalue weighted by atomic mass is 19.1. The number of anilines is 1. The molecule has 0 aliphatic carbocycles. The van der Waals surface area contributed by atoms with Gasteiger partial charge >= 0.3 is 0 Å². The lowest BCUT2D eigenvalue weighted by atomic mass is 10.1. The number of carbonyl (C=O) groups is 1. The van der Waals surface area contributed by atoms with Gasteiger partial charge in [0.15, 0.2) is 5.65 Å². The Morgan fingerprint density at radius 2 is 2.02 bits per heavy atom. The highest BCUT2D eigenvalue weighted by Crippen LogP contribution is 2.35. The monoisotopic (exact) mass is 543 g/mol. The number of benzene rings is 2. The summed E-state index contributed by atoms with van der Waals surface area (Å²) in [6.45, 7) is 4.62. The van der Waals surface area contributed by atoms with Crippen molar-refractivity contribution in [2.75, 3.05) is 12.3 Å². The number of fused-ring (bicyclic) bond motifs is 1. The highest BCUT2D eigenvalue weighted by molar-refractivity contribution is 5.99. The average molecular weight is 544 g/mol. The molecule has 11 heteroatoms. The minimum Gasteiger partial charge on any atom is -0.457 e. The summed E-state index contributed by atoms with van der Waals surface area (Å²) in [5.74, 6) is -0.803. The summed E-state index contributed by atoms with van der Waals surface area (Å²) in [6.07, 6.45) is 4.46. The molecule has 0 bridgehead atoms. The number of halogens is 2. The Morgan fingerprint density at radius 3 is 2.75 bits per heavy atom. The van der Waals surface area contributed by atoms with Crippen molar-refractivity contribution >= 4 is 22.8 Å². The first-order chi connectivity index (χ1) is 19.2. The summed E-state index contributed by atoms with van der Waals surface area (Å²) in [5, 5.41) is 14.6. The molecule has 1 aliphatic rings. The Balaban J connectivity index is 1.47. The zero-order valence-corrected chi connectivity index (χ0v) is 22.0. The first-order valence-corrected chi connectivity index (χ1v) is 12.9. The van der Waals surface area contributed by atoms with Crippen molar-refractivity contribution in [3.8, 4) is 28.8 Å². The Bertz CT molecular complexity index is 1660. The summed E-state index contributed by atoms with van der Waals surface area (Å²) in [5.41, 5.74) is 7.11. The molecule has 1 saturated heterocycles. The quantitative estimate of drug-likeness (QED) is 0.250. The largest absolute Gasteiger partial charge is 0.457 e. The van der Waals surface area contributed by atoms with Crippen LogP contribution in [0.25, 0.3) is 22.3 Å². The van der Waals surface area contributed by atoms with E-state index in [0.29, 0.717) is 24.0 Å². The molecule has 0 spiro atoms. The van der Waals surface area contributed by atoms with Crippen LogP contribution >= 0.6 is 0 Å². The number of nitriles is 1. The van der Waals surface area contributed by atoms with Crippen LogP contribution in [0, 0.1) is 28.9 Å². The van der Waals surface area contributed by atoms with Gasteiger partial charge in [0, 0.05) is 24.2 Å². The molecule has 2 aromatic heterocycles. The first-order valence-electron chi connectivity index (χ1n) is 12.9. The summed E-state index contributed by atoms with van der Waals surface area (Å²) in [7, 11) is 0. The van der Waals surface area contributed by atoms with Gasteiger partial charge in [-0.05, 0) is 43.0 Å². The van der Waals surface area contributed by atoms with Crippen molar-refractivity contribution in [3.05, 3.63) is 72.1 Å². The molecule has 40 heavy (non-hydrogen) atoms. The Labute approximate surface area is 229 Å². The maximum absolute atomic E-state index is 15.4. The van der Waals surface area contributed by atoms with E-state index < -0.39 is 11.6 Å². The van der Waals surface area contributed by atoms with Crippen LogP contribution in [0.15, 0.2) is 60.4 Å². The minimum absolute atomic E-state index is 0.0532. The number of ether oxygens (including phenoxy) is 1. The molecule has 2 N–H and O–H groups in total. The first kappa shape index (κ1) is 26.7. The van der Waals surface area contributed by atoms with Crippen molar-refractivity contribution in [2.45, 2.75) is 39.3 Å². The van der Waals surface area contributed by atoms with Gasteiger partial charge in [-0.1, -0.05) is 26.0 Å². The predicted octanol–water partition coefficient (Wildman–Crippen LogP) is 5.24. The van der Waals surface area contributed by atoms with E-state index in [4.69, 9.17) is 10.5 Å². The van der Waals surface area contributed by atoms with Crippen LogP contribution in [0.5, 0.6) is 11.5 Å². The normalized spacial score (nSPS) is 15.6. The van der Waals surface area contributed by atoms with Crippen LogP contribution in [0.2, 0.25) is 0 Å². The van der Waals surface area contributed by atoms with Gasteiger partial charge in [-0.2, -0.15) is 10.4 Å². The number of nitrogen functional groups attached to an aromatic ring is 1. The molecule has 204 valence electrons. The van der Waals surface area contributed by atoms with E-state index in [1.54, 1.807) is 27.8 Å². The number of allylic oxidation sites excluding steroid dienone is 1. The van der Waals surface area contributed by atoms with Crippen molar-refractivity contribution in [1.82, 2.24) is 24.6 Å². The molecular formula is C29H27F2N7O2. The van der Waals surface area contributed by atoms with Crippen molar-refractivity contribution < 1.29 is 18.3 Å². The van der Waals surface area contributed by atoms with Crippen LogP contribution in [-0.4, -0.2) is 43.1 Å². The third-order valence-corrected chi connectivity index (χ3v) is 6.66. The Kier molecular flexibility index (Phi) is 7.42. The van der Waals surface area contributed by atoms with E-state index in [2.05, 4.69) is 15.1 Å². The van der Waals surface area contributed by atoms with Crippen LogP contribution in [0.1, 0.15) is 26.7 Å². The van der Waals surface area contributed by atoms with Gasteiger partial charge < -0.3 is 15.4 Å². The topological polar surface area (TPSA) is 123 Å². The lowest BCUT2D eigenvalue weighted by Gasteiger charge is -2.24. The standard InChI is InChI=1S/C29H27F2N7O2/c1-17(2)11-18(14-32)29(39)37-10-4-6-20(37)15-38-28-25(27(33)34-16-35-28)26(36-38)23-9-8-22(13-24(23)31)40-21-7-3-5-19(30)12-21/h3,5,7-9,11-13,16-17,20H,4,6,10,15H2,1-2H3,(H2,33,34,35)/b18-11+. The molecule has 1 amide bonds. The number of nitrogens with two attached hydrogens (primary N) is 1. The number of carbonyl (C=O) groups excluding carboxylic acids is 1. The zero-order chi connectivity index (χ0) is 28.4. The number of hydrogen-bond donors (Lipinski definition) is 1. The molecule has 1 fully saturated rings. The second-order valence-electron chi connectivity index (χ2n) is 9.92. The molecular weight excluding hydrogens is 516 g/mol. The van der Waals surface area contributed by atoms with Crippen LogP contribution in [-0.2, 0) is 11.3 Å².